The van der Waals surface area contributed by atoms with E-state index in [0.717, 1.165) is 24.7 Å². The van der Waals surface area contributed by atoms with Crippen LogP contribution in [0.15, 0.2) is 11.6 Å². The molecule has 0 spiro atoms. The monoisotopic (exact) mass is 346 g/mol. The van der Waals surface area contributed by atoms with E-state index in [0.29, 0.717) is 29.3 Å². The zero-order valence-corrected chi connectivity index (χ0v) is 16.7. The lowest BCUT2D eigenvalue weighted by atomic mass is 9.47. The van der Waals surface area contributed by atoms with Crippen LogP contribution in [0.4, 0.5) is 0 Å². The predicted molar refractivity (Wildman–Crippen MR) is 102 cm³/mol. The maximum Gasteiger partial charge on any atom is 0.0543 e. The van der Waals surface area contributed by atoms with E-state index in [1.807, 2.05) is 0 Å². The van der Waals surface area contributed by atoms with E-state index < -0.39 is 0 Å². The highest BCUT2D eigenvalue weighted by Gasteiger charge is 2.59. The molecule has 0 saturated heterocycles. The molecule has 0 heterocycles. The molecule has 4 rings (SSSR count). The molecule has 0 aromatic heterocycles. The molecule has 0 aliphatic heterocycles. The molecular formula is C23H38O2. The molecule has 0 aromatic rings. The van der Waals surface area contributed by atoms with Gasteiger partial charge in [0.2, 0.25) is 0 Å². The summed E-state index contributed by atoms with van der Waals surface area (Å²) in [6, 6.07) is 0. The third kappa shape index (κ3) is 2.50. The van der Waals surface area contributed by atoms with E-state index in [1.54, 1.807) is 5.57 Å². The first-order chi connectivity index (χ1) is 11.7. The van der Waals surface area contributed by atoms with E-state index >= 15 is 0 Å². The van der Waals surface area contributed by atoms with E-state index in [-0.39, 0.29) is 11.5 Å². The van der Waals surface area contributed by atoms with Gasteiger partial charge in [0.25, 0.3) is 0 Å². The fraction of sp³-hybridized carbons (Fsp3) is 0.913. The van der Waals surface area contributed by atoms with E-state index in [9.17, 15) is 10.2 Å². The van der Waals surface area contributed by atoms with Crippen LogP contribution >= 0.6 is 0 Å². The molecule has 2 nitrogen and oxygen atoms in total. The van der Waals surface area contributed by atoms with Crippen molar-refractivity contribution in [3.8, 4) is 0 Å². The van der Waals surface area contributed by atoms with Crippen LogP contribution in [-0.4, -0.2) is 22.9 Å². The quantitative estimate of drug-likeness (QED) is 0.695. The number of rotatable bonds is 2. The Morgan fingerprint density at radius 2 is 1.72 bits per heavy atom. The topological polar surface area (TPSA) is 40.5 Å². The van der Waals surface area contributed by atoms with Crippen molar-refractivity contribution in [3.05, 3.63) is 11.6 Å². The highest BCUT2D eigenvalue weighted by molar-refractivity contribution is 5.28. The summed E-state index contributed by atoms with van der Waals surface area (Å²) in [5, 5.41) is 20.1. The number of hydrogen-bond acceptors (Lipinski definition) is 2. The standard InChI is InChI=1S/C23H38O2/c1-21(2,14-24)20-8-7-18-17-6-5-15-13-16(25)9-11-22(15,3)19(17)10-12-23(18,20)4/h6,15-16,18-20,24-25H,5,7-14H2,1-4H3/t15?,16-,18-,19-,20+,22-,23-/m0/s1. The van der Waals surface area contributed by atoms with Gasteiger partial charge in [0.15, 0.2) is 0 Å². The fourth-order valence-corrected chi connectivity index (χ4v) is 7.88. The third-order valence-corrected chi connectivity index (χ3v) is 9.40. The Morgan fingerprint density at radius 3 is 2.44 bits per heavy atom. The summed E-state index contributed by atoms with van der Waals surface area (Å²) in [5.41, 5.74) is 2.59. The average Bonchev–Trinajstić information content (AvgIpc) is 2.93. The van der Waals surface area contributed by atoms with Crippen molar-refractivity contribution in [1.82, 2.24) is 0 Å². The van der Waals surface area contributed by atoms with Gasteiger partial charge in [-0.2, -0.15) is 0 Å². The molecule has 1 unspecified atom stereocenters. The fourth-order valence-electron chi connectivity index (χ4n) is 7.88. The van der Waals surface area contributed by atoms with Gasteiger partial charge in [-0.3, -0.25) is 0 Å². The van der Waals surface area contributed by atoms with Crippen LogP contribution in [0.5, 0.6) is 0 Å². The zero-order chi connectivity index (χ0) is 18.0. The maximum atomic E-state index is 10.2. The molecule has 4 aliphatic carbocycles. The Hall–Kier alpha value is -0.340. The van der Waals surface area contributed by atoms with Crippen molar-refractivity contribution in [2.75, 3.05) is 6.61 Å². The summed E-state index contributed by atoms with van der Waals surface area (Å²) in [6.07, 6.45) is 12.2. The van der Waals surface area contributed by atoms with E-state index in [2.05, 4.69) is 33.8 Å². The van der Waals surface area contributed by atoms with Crippen LogP contribution in [0, 0.1) is 39.9 Å². The minimum absolute atomic E-state index is 0.0347. The average molecular weight is 347 g/mol. The maximum absolute atomic E-state index is 10.2. The Bertz CT molecular complexity index is 564. The molecule has 0 radical (unpaired) electrons. The second-order valence-corrected chi connectivity index (χ2v) is 11.0. The Kier molecular flexibility index (Phi) is 4.21. The minimum Gasteiger partial charge on any atom is -0.396 e. The lowest BCUT2D eigenvalue weighted by molar-refractivity contribution is -0.0529. The van der Waals surface area contributed by atoms with Crippen molar-refractivity contribution in [2.24, 2.45) is 39.9 Å². The predicted octanol–water partition coefficient (Wildman–Crippen LogP) is 4.94. The summed E-state index contributed by atoms with van der Waals surface area (Å²) in [5.74, 6) is 2.79. The molecule has 2 N–H and O–H groups in total. The second-order valence-electron chi connectivity index (χ2n) is 11.0. The number of aliphatic hydroxyl groups excluding tert-OH is 2. The van der Waals surface area contributed by atoms with Gasteiger partial charge in [-0.05, 0) is 91.3 Å². The van der Waals surface area contributed by atoms with Gasteiger partial charge in [0.1, 0.15) is 0 Å². The lowest BCUT2D eigenvalue weighted by Gasteiger charge is -2.58. The molecule has 0 bridgehead atoms. The van der Waals surface area contributed by atoms with Crippen LogP contribution in [-0.2, 0) is 0 Å². The first-order valence-electron chi connectivity index (χ1n) is 10.7. The number of hydrogen-bond donors (Lipinski definition) is 2. The Morgan fingerprint density at radius 1 is 1.04 bits per heavy atom. The Labute approximate surface area is 154 Å². The van der Waals surface area contributed by atoms with Gasteiger partial charge in [-0.1, -0.05) is 39.3 Å². The van der Waals surface area contributed by atoms with Crippen molar-refractivity contribution in [1.29, 1.82) is 0 Å². The van der Waals surface area contributed by atoms with Crippen molar-refractivity contribution >= 4 is 0 Å². The highest BCUT2D eigenvalue weighted by atomic mass is 16.3. The van der Waals surface area contributed by atoms with Crippen LogP contribution in [0.25, 0.3) is 0 Å². The number of aliphatic hydroxyl groups is 2. The normalized spacial score (nSPS) is 49.8. The van der Waals surface area contributed by atoms with E-state index in [4.69, 9.17) is 0 Å². The molecule has 0 amide bonds. The first-order valence-corrected chi connectivity index (χ1v) is 10.7. The van der Waals surface area contributed by atoms with Gasteiger partial charge in [0, 0.05) is 6.61 Å². The molecule has 0 aromatic carbocycles. The van der Waals surface area contributed by atoms with Crippen molar-refractivity contribution in [2.45, 2.75) is 85.2 Å². The highest BCUT2D eigenvalue weighted by Crippen LogP contribution is 2.67. The minimum atomic E-state index is -0.0666. The number of allylic oxidation sites excluding steroid dienone is 2. The summed E-state index contributed by atoms with van der Waals surface area (Å²) in [7, 11) is 0. The van der Waals surface area contributed by atoms with Crippen LogP contribution in [0.3, 0.4) is 0 Å². The van der Waals surface area contributed by atoms with Crippen molar-refractivity contribution in [3.63, 3.8) is 0 Å². The largest absolute Gasteiger partial charge is 0.396 e. The van der Waals surface area contributed by atoms with Crippen LogP contribution in [0.1, 0.15) is 79.1 Å². The molecule has 25 heavy (non-hydrogen) atoms. The summed E-state index contributed by atoms with van der Waals surface area (Å²) < 4.78 is 0. The van der Waals surface area contributed by atoms with Gasteiger partial charge < -0.3 is 10.2 Å². The summed E-state index contributed by atoms with van der Waals surface area (Å²) in [6.45, 7) is 9.91. The lowest BCUT2D eigenvalue weighted by Crippen LogP contribution is -2.50. The van der Waals surface area contributed by atoms with Gasteiger partial charge in [-0.15, -0.1) is 0 Å². The summed E-state index contributed by atoms with van der Waals surface area (Å²) >= 11 is 0. The SMILES string of the molecule is CC(C)(CO)[C@H]1CC[C@H]2C3=CCC4C[C@@H](O)CC[C@]4(C)[C@H]3CC[C@]12C. The van der Waals surface area contributed by atoms with Crippen molar-refractivity contribution < 1.29 is 10.2 Å². The van der Waals surface area contributed by atoms with Gasteiger partial charge >= 0.3 is 0 Å². The first kappa shape index (κ1) is 18.0. The third-order valence-electron chi connectivity index (χ3n) is 9.40. The second kappa shape index (κ2) is 5.83. The Balaban J connectivity index is 1.65. The number of fused-ring (bicyclic) bond motifs is 5. The molecule has 142 valence electrons. The molecular weight excluding hydrogens is 308 g/mol. The van der Waals surface area contributed by atoms with Crippen LogP contribution in [0.2, 0.25) is 0 Å². The molecule has 3 fully saturated rings. The van der Waals surface area contributed by atoms with E-state index in [1.165, 1.54) is 38.5 Å². The molecule has 2 heteroatoms. The molecule has 7 atom stereocenters. The molecule has 4 aliphatic rings. The smallest absolute Gasteiger partial charge is 0.0543 e. The van der Waals surface area contributed by atoms with Gasteiger partial charge in [-0.25, -0.2) is 0 Å². The summed E-state index contributed by atoms with van der Waals surface area (Å²) in [4.78, 5) is 0. The van der Waals surface area contributed by atoms with Crippen LogP contribution < -0.4 is 0 Å². The zero-order valence-electron chi connectivity index (χ0n) is 16.7. The van der Waals surface area contributed by atoms with Gasteiger partial charge in [0.05, 0.1) is 6.10 Å². The molecule has 3 saturated carbocycles.